The third-order valence-corrected chi connectivity index (χ3v) is 7.53. The maximum atomic E-state index is 13.4. The Bertz CT molecular complexity index is 1130. The summed E-state index contributed by atoms with van der Waals surface area (Å²) in [5, 5.41) is 11.9. The van der Waals surface area contributed by atoms with E-state index in [1.165, 1.54) is 18.5 Å². The molecular formula is C22H28ClN7OS. The molecule has 2 aliphatic rings. The van der Waals surface area contributed by atoms with Gasteiger partial charge in [0.15, 0.2) is 5.69 Å². The van der Waals surface area contributed by atoms with Gasteiger partial charge in [-0.15, -0.1) is 11.3 Å². The van der Waals surface area contributed by atoms with Gasteiger partial charge >= 0.3 is 0 Å². The second-order valence-corrected chi connectivity index (χ2v) is 10.1. The van der Waals surface area contributed by atoms with Crippen molar-refractivity contribution in [2.24, 2.45) is 13.0 Å². The molecule has 0 unspecified atom stereocenters. The fourth-order valence-corrected chi connectivity index (χ4v) is 5.22. The standard InChI is InChI=1S/C22H28ClN7OS/c1-14-17(21(23)28(3)25-14)10-29-7-6-19-18(11-29)20(26-30(19)8-15-4-5-15)22(31)27(2)9-16-12-32-13-24-16/h12-13,15H,4-11H2,1-3H3. The Balaban J connectivity index is 1.41. The summed E-state index contributed by atoms with van der Waals surface area (Å²) in [5.74, 6) is 0.658. The number of rotatable bonds is 7. The molecule has 170 valence electrons. The number of thiazole rings is 1. The van der Waals surface area contributed by atoms with Crippen molar-refractivity contribution in [2.45, 2.75) is 52.4 Å². The molecule has 1 aliphatic heterocycles. The minimum absolute atomic E-state index is 0.0405. The highest BCUT2D eigenvalue weighted by molar-refractivity contribution is 7.07. The van der Waals surface area contributed by atoms with Crippen molar-refractivity contribution in [1.29, 1.82) is 0 Å². The van der Waals surface area contributed by atoms with E-state index in [1.807, 2.05) is 26.4 Å². The van der Waals surface area contributed by atoms with Crippen LogP contribution in [0.15, 0.2) is 10.9 Å². The van der Waals surface area contributed by atoms with Crippen molar-refractivity contribution in [3.63, 3.8) is 0 Å². The molecule has 0 saturated heterocycles. The number of halogens is 1. The number of hydrogen-bond donors (Lipinski definition) is 0. The fourth-order valence-electron chi connectivity index (χ4n) is 4.44. The monoisotopic (exact) mass is 473 g/mol. The van der Waals surface area contributed by atoms with Gasteiger partial charge < -0.3 is 4.90 Å². The zero-order valence-electron chi connectivity index (χ0n) is 18.7. The van der Waals surface area contributed by atoms with Gasteiger partial charge in [-0.25, -0.2) is 4.98 Å². The molecule has 1 aliphatic carbocycles. The third kappa shape index (κ3) is 4.21. The molecule has 8 nitrogen and oxygen atoms in total. The van der Waals surface area contributed by atoms with Crippen molar-refractivity contribution in [3.8, 4) is 0 Å². The predicted molar refractivity (Wildman–Crippen MR) is 124 cm³/mol. The third-order valence-electron chi connectivity index (χ3n) is 6.42. The maximum absolute atomic E-state index is 13.4. The van der Waals surface area contributed by atoms with E-state index in [0.717, 1.165) is 42.0 Å². The summed E-state index contributed by atoms with van der Waals surface area (Å²) < 4.78 is 3.83. The minimum atomic E-state index is -0.0405. The molecule has 1 saturated carbocycles. The molecule has 1 amide bonds. The molecule has 32 heavy (non-hydrogen) atoms. The van der Waals surface area contributed by atoms with Gasteiger partial charge in [-0.3, -0.25) is 19.1 Å². The van der Waals surface area contributed by atoms with Crippen molar-refractivity contribution < 1.29 is 4.79 Å². The van der Waals surface area contributed by atoms with E-state index < -0.39 is 0 Å². The summed E-state index contributed by atoms with van der Waals surface area (Å²) >= 11 is 8.03. The lowest BCUT2D eigenvalue weighted by molar-refractivity contribution is 0.0774. The average Bonchev–Trinajstić information content (AvgIpc) is 3.21. The van der Waals surface area contributed by atoms with E-state index in [1.54, 1.807) is 26.4 Å². The van der Waals surface area contributed by atoms with E-state index in [4.69, 9.17) is 16.7 Å². The lowest BCUT2D eigenvalue weighted by Gasteiger charge is -2.28. The molecule has 0 aromatic carbocycles. The first kappa shape index (κ1) is 21.6. The van der Waals surface area contributed by atoms with Crippen molar-refractivity contribution in [1.82, 2.24) is 34.3 Å². The second-order valence-electron chi connectivity index (χ2n) is 8.98. The molecule has 3 aromatic rings. The number of fused-ring (bicyclic) bond motifs is 1. The molecular weight excluding hydrogens is 446 g/mol. The Morgan fingerprint density at radius 3 is 2.81 bits per heavy atom. The quantitative estimate of drug-likeness (QED) is 0.526. The Kier molecular flexibility index (Phi) is 5.81. The zero-order valence-corrected chi connectivity index (χ0v) is 20.3. The second kappa shape index (κ2) is 8.61. The number of hydrogen-bond acceptors (Lipinski definition) is 6. The number of nitrogens with zero attached hydrogens (tertiary/aromatic N) is 7. The van der Waals surface area contributed by atoms with Gasteiger partial charge in [-0.05, 0) is 25.7 Å². The van der Waals surface area contributed by atoms with Gasteiger partial charge in [0.2, 0.25) is 0 Å². The van der Waals surface area contributed by atoms with E-state index in [-0.39, 0.29) is 5.91 Å². The highest BCUT2D eigenvalue weighted by atomic mass is 35.5. The number of aromatic nitrogens is 5. The van der Waals surface area contributed by atoms with Crippen LogP contribution in [0.3, 0.4) is 0 Å². The van der Waals surface area contributed by atoms with Crippen LogP contribution in [0.2, 0.25) is 5.15 Å². The summed E-state index contributed by atoms with van der Waals surface area (Å²) in [7, 11) is 3.69. The number of aryl methyl sites for hydroxylation is 2. The molecule has 0 spiro atoms. The topological polar surface area (TPSA) is 72.1 Å². The fraction of sp³-hybridized carbons (Fsp3) is 0.545. The van der Waals surface area contributed by atoms with Crippen LogP contribution in [0.5, 0.6) is 0 Å². The van der Waals surface area contributed by atoms with Gasteiger partial charge in [0.1, 0.15) is 5.15 Å². The van der Waals surface area contributed by atoms with Crippen LogP contribution in [-0.2, 0) is 39.6 Å². The molecule has 0 N–H and O–H groups in total. The molecule has 0 atom stereocenters. The summed E-state index contributed by atoms with van der Waals surface area (Å²) in [5.41, 5.74) is 7.56. The number of carbonyl (C=O) groups is 1. The molecule has 3 aromatic heterocycles. The largest absolute Gasteiger partial charge is 0.334 e. The SMILES string of the molecule is Cc1nn(C)c(Cl)c1CN1CCc2c(c(C(=O)N(C)Cc3cscn3)nn2CC2CC2)C1. The van der Waals surface area contributed by atoms with Crippen molar-refractivity contribution in [2.75, 3.05) is 13.6 Å². The summed E-state index contributed by atoms with van der Waals surface area (Å²) in [6.07, 6.45) is 3.40. The summed E-state index contributed by atoms with van der Waals surface area (Å²) in [6.45, 7) is 5.72. The predicted octanol–water partition coefficient (Wildman–Crippen LogP) is 3.28. The van der Waals surface area contributed by atoms with Gasteiger partial charge in [0.25, 0.3) is 5.91 Å². The smallest absolute Gasteiger partial charge is 0.274 e. The summed E-state index contributed by atoms with van der Waals surface area (Å²) in [6, 6.07) is 0. The van der Waals surface area contributed by atoms with E-state index in [9.17, 15) is 4.79 Å². The molecule has 0 bridgehead atoms. The van der Waals surface area contributed by atoms with Crippen LogP contribution < -0.4 is 0 Å². The van der Waals surface area contributed by atoms with Crippen LogP contribution in [0.25, 0.3) is 0 Å². The first-order valence-electron chi connectivity index (χ1n) is 11.0. The zero-order chi connectivity index (χ0) is 22.4. The molecule has 5 rings (SSSR count). The van der Waals surface area contributed by atoms with Gasteiger partial charge in [0, 0.05) is 68.9 Å². The highest BCUT2D eigenvalue weighted by Gasteiger charge is 2.32. The van der Waals surface area contributed by atoms with Crippen LogP contribution in [-0.4, -0.2) is 53.8 Å². The van der Waals surface area contributed by atoms with E-state index in [0.29, 0.717) is 36.4 Å². The molecule has 1 fully saturated rings. The van der Waals surface area contributed by atoms with Gasteiger partial charge in [-0.2, -0.15) is 10.2 Å². The van der Waals surface area contributed by atoms with Crippen LogP contribution in [0, 0.1) is 12.8 Å². The number of carbonyl (C=O) groups excluding carboxylic acids is 1. The van der Waals surface area contributed by atoms with E-state index in [2.05, 4.69) is 19.7 Å². The maximum Gasteiger partial charge on any atom is 0.274 e. The Morgan fingerprint density at radius 2 is 2.16 bits per heavy atom. The van der Waals surface area contributed by atoms with Crippen LogP contribution >= 0.6 is 22.9 Å². The number of amides is 1. The lowest BCUT2D eigenvalue weighted by atomic mass is 10.0. The normalized spacial score (nSPS) is 16.4. The van der Waals surface area contributed by atoms with Crippen LogP contribution in [0.4, 0.5) is 0 Å². The average molecular weight is 474 g/mol. The van der Waals surface area contributed by atoms with Crippen LogP contribution in [0.1, 0.15) is 51.5 Å². The van der Waals surface area contributed by atoms with Gasteiger partial charge in [-0.1, -0.05) is 11.6 Å². The Morgan fingerprint density at radius 1 is 1.34 bits per heavy atom. The summed E-state index contributed by atoms with van der Waals surface area (Å²) in [4.78, 5) is 21.8. The molecule has 10 heteroatoms. The molecule has 4 heterocycles. The minimum Gasteiger partial charge on any atom is -0.334 e. The van der Waals surface area contributed by atoms with Gasteiger partial charge in [0.05, 0.1) is 23.4 Å². The van der Waals surface area contributed by atoms with E-state index >= 15 is 0 Å². The van der Waals surface area contributed by atoms with Crippen molar-refractivity contribution >= 4 is 28.8 Å². The Hall–Kier alpha value is -2.23. The lowest BCUT2D eigenvalue weighted by Crippen LogP contribution is -2.33. The highest BCUT2D eigenvalue weighted by Crippen LogP contribution is 2.33. The first-order valence-corrected chi connectivity index (χ1v) is 12.3. The Labute approximate surface area is 196 Å². The van der Waals surface area contributed by atoms with Crippen molar-refractivity contribution in [3.05, 3.63) is 49.9 Å². The molecule has 0 radical (unpaired) electrons. The first-order chi connectivity index (χ1) is 15.4.